The third-order valence-electron chi connectivity index (χ3n) is 3.73. The number of nitrogens with two attached hydrogens (primary N) is 1. The summed E-state index contributed by atoms with van der Waals surface area (Å²) in [5.41, 5.74) is 5.42. The number of carbonyl (C=O) groups excluding carboxylic acids is 2. The van der Waals surface area contributed by atoms with E-state index < -0.39 is 0 Å². The fourth-order valence-electron chi connectivity index (χ4n) is 2.69. The summed E-state index contributed by atoms with van der Waals surface area (Å²) in [6.45, 7) is 3.08. The number of fused-ring (bicyclic) bond motifs is 1. The first-order valence-electron chi connectivity index (χ1n) is 6.32. The van der Waals surface area contributed by atoms with Gasteiger partial charge in [0.1, 0.15) is 0 Å². The zero-order chi connectivity index (χ0) is 12.4. The number of rotatable bonds is 5. The van der Waals surface area contributed by atoms with E-state index in [2.05, 4.69) is 0 Å². The predicted octanol–water partition coefficient (Wildman–Crippen LogP) is 0.135. The fourth-order valence-corrected chi connectivity index (χ4v) is 2.69. The van der Waals surface area contributed by atoms with Crippen LogP contribution in [-0.2, 0) is 14.3 Å². The molecule has 2 aliphatic rings. The summed E-state index contributed by atoms with van der Waals surface area (Å²) in [5, 5.41) is 0. The van der Waals surface area contributed by atoms with Gasteiger partial charge in [-0.25, -0.2) is 0 Å². The Morgan fingerprint density at radius 2 is 1.94 bits per heavy atom. The molecule has 0 radical (unpaired) electrons. The summed E-state index contributed by atoms with van der Waals surface area (Å²) in [4.78, 5) is 25.3. The van der Waals surface area contributed by atoms with Crippen LogP contribution in [0.2, 0.25) is 0 Å². The molecule has 5 heteroatoms. The minimum Gasteiger partial charge on any atom is -0.375 e. The average molecular weight is 240 g/mol. The molecule has 2 N–H and O–H groups in total. The quantitative estimate of drug-likeness (QED) is 0.694. The molecule has 96 valence electrons. The van der Waals surface area contributed by atoms with E-state index in [1.165, 1.54) is 4.90 Å². The highest BCUT2D eigenvalue weighted by molar-refractivity contribution is 6.05. The van der Waals surface area contributed by atoms with Crippen LogP contribution in [-0.4, -0.2) is 42.5 Å². The first-order valence-corrected chi connectivity index (χ1v) is 6.32. The molecule has 2 amide bonds. The van der Waals surface area contributed by atoms with Crippen LogP contribution in [0.25, 0.3) is 0 Å². The van der Waals surface area contributed by atoms with Gasteiger partial charge in [-0.1, -0.05) is 6.42 Å². The predicted molar refractivity (Wildman–Crippen MR) is 62.0 cm³/mol. The molecule has 0 aromatic carbocycles. The molecular formula is C12H20N2O3. The van der Waals surface area contributed by atoms with Crippen LogP contribution in [0.15, 0.2) is 0 Å². The van der Waals surface area contributed by atoms with Crippen LogP contribution in [0.1, 0.15) is 26.2 Å². The summed E-state index contributed by atoms with van der Waals surface area (Å²) >= 11 is 0. The largest absolute Gasteiger partial charge is 0.375 e. The van der Waals surface area contributed by atoms with Gasteiger partial charge in [-0.2, -0.15) is 0 Å². The second-order valence-corrected chi connectivity index (χ2v) is 4.89. The van der Waals surface area contributed by atoms with Crippen molar-refractivity contribution in [1.29, 1.82) is 0 Å². The van der Waals surface area contributed by atoms with Crippen molar-refractivity contribution in [2.75, 3.05) is 19.7 Å². The second-order valence-electron chi connectivity index (χ2n) is 4.89. The Morgan fingerprint density at radius 1 is 1.35 bits per heavy atom. The molecule has 17 heavy (non-hydrogen) atoms. The maximum Gasteiger partial charge on any atom is 0.233 e. The van der Waals surface area contributed by atoms with E-state index in [0.29, 0.717) is 19.7 Å². The lowest BCUT2D eigenvalue weighted by Gasteiger charge is -2.17. The van der Waals surface area contributed by atoms with Crippen LogP contribution in [0.3, 0.4) is 0 Å². The highest BCUT2D eigenvalue weighted by Gasteiger charge is 2.49. The van der Waals surface area contributed by atoms with Crippen LogP contribution < -0.4 is 5.73 Å². The fraction of sp³-hybridized carbons (Fsp3) is 0.833. The molecule has 0 aromatic rings. The number of amides is 2. The summed E-state index contributed by atoms with van der Waals surface area (Å²) in [7, 11) is 0. The number of imide groups is 1. The lowest BCUT2D eigenvalue weighted by Crippen LogP contribution is -2.36. The van der Waals surface area contributed by atoms with Gasteiger partial charge in [0.25, 0.3) is 0 Å². The molecule has 5 nitrogen and oxygen atoms in total. The van der Waals surface area contributed by atoms with Crippen LogP contribution in [0.5, 0.6) is 0 Å². The van der Waals surface area contributed by atoms with Gasteiger partial charge in [-0.15, -0.1) is 0 Å². The van der Waals surface area contributed by atoms with Crippen molar-refractivity contribution in [1.82, 2.24) is 4.90 Å². The number of hydrogen-bond donors (Lipinski definition) is 1. The number of likely N-dealkylation sites (tertiary alicyclic amines) is 1. The highest BCUT2D eigenvalue weighted by Crippen LogP contribution is 2.39. The van der Waals surface area contributed by atoms with Crippen molar-refractivity contribution < 1.29 is 14.3 Å². The number of hydrogen-bond acceptors (Lipinski definition) is 4. The van der Waals surface area contributed by atoms with E-state index in [1.807, 2.05) is 6.92 Å². The summed E-state index contributed by atoms with van der Waals surface area (Å²) in [6, 6.07) is 0. The van der Waals surface area contributed by atoms with Crippen LogP contribution >= 0.6 is 0 Å². The van der Waals surface area contributed by atoms with Gasteiger partial charge < -0.3 is 10.5 Å². The topological polar surface area (TPSA) is 72.6 Å². The number of ether oxygens (including phenoxy) is 1. The zero-order valence-corrected chi connectivity index (χ0v) is 10.2. The van der Waals surface area contributed by atoms with E-state index in [4.69, 9.17) is 10.5 Å². The molecule has 2 rings (SSSR count). The molecule has 0 aromatic heterocycles. The van der Waals surface area contributed by atoms with Gasteiger partial charge in [0.05, 0.1) is 31.1 Å². The Kier molecular flexibility index (Phi) is 3.79. The van der Waals surface area contributed by atoms with Gasteiger partial charge >= 0.3 is 0 Å². The maximum absolute atomic E-state index is 12.0. The molecule has 3 unspecified atom stereocenters. The van der Waals surface area contributed by atoms with Gasteiger partial charge in [0, 0.05) is 6.54 Å². The standard InChI is InChI=1S/C12H20N2O3/c1-8(7-13)17-6-5-14-11(15)9-3-2-4-10(9)12(14)16/h8-10H,2-7,13H2,1H3. The van der Waals surface area contributed by atoms with Gasteiger partial charge in [0.15, 0.2) is 0 Å². The lowest BCUT2D eigenvalue weighted by molar-refractivity contribution is -0.141. The Labute approximate surface area is 101 Å². The second kappa shape index (κ2) is 5.14. The first-order chi connectivity index (χ1) is 8.15. The summed E-state index contributed by atoms with van der Waals surface area (Å²) in [5.74, 6) is -0.0909. The van der Waals surface area contributed by atoms with E-state index in [-0.39, 0.29) is 29.8 Å². The highest BCUT2D eigenvalue weighted by atomic mass is 16.5. The molecule has 1 heterocycles. The Morgan fingerprint density at radius 3 is 2.47 bits per heavy atom. The third kappa shape index (κ3) is 2.35. The molecule has 2 fully saturated rings. The van der Waals surface area contributed by atoms with E-state index in [9.17, 15) is 9.59 Å². The number of carbonyl (C=O) groups is 2. The van der Waals surface area contributed by atoms with E-state index >= 15 is 0 Å². The smallest absolute Gasteiger partial charge is 0.233 e. The molecule has 3 atom stereocenters. The maximum atomic E-state index is 12.0. The average Bonchev–Trinajstić information content (AvgIpc) is 2.88. The molecule has 0 bridgehead atoms. The normalized spacial score (nSPS) is 29.9. The molecule has 1 saturated carbocycles. The van der Waals surface area contributed by atoms with Crippen molar-refractivity contribution in [3.8, 4) is 0 Å². The van der Waals surface area contributed by atoms with Gasteiger partial charge in [-0.3, -0.25) is 14.5 Å². The van der Waals surface area contributed by atoms with Crippen LogP contribution in [0, 0.1) is 11.8 Å². The van der Waals surface area contributed by atoms with Crippen molar-refractivity contribution in [3.63, 3.8) is 0 Å². The van der Waals surface area contributed by atoms with Crippen molar-refractivity contribution in [2.45, 2.75) is 32.3 Å². The van der Waals surface area contributed by atoms with E-state index in [1.54, 1.807) is 0 Å². The van der Waals surface area contributed by atoms with Gasteiger partial charge in [0.2, 0.25) is 11.8 Å². The summed E-state index contributed by atoms with van der Waals surface area (Å²) in [6.07, 6.45) is 2.71. The Bertz CT molecular complexity index is 297. The molecule has 0 spiro atoms. The summed E-state index contributed by atoms with van der Waals surface area (Å²) < 4.78 is 5.40. The minimum atomic E-state index is -0.0468. The third-order valence-corrected chi connectivity index (χ3v) is 3.73. The Balaban J connectivity index is 1.85. The molecule has 1 aliphatic heterocycles. The van der Waals surface area contributed by atoms with Gasteiger partial charge in [-0.05, 0) is 19.8 Å². The molecule has 1 aliphatic carbocycles. The van der Waals surface area contributed by atoms with Crippen molar-refractivity contribution >= 4 is 11.8 Å². The minimum absolute atomic E-state index is 0.00139. The first kappa shape index (κ1) is 12.5. The Hall–Kier alpha value is -0.940. The van der Waals surface area contributed by atoms with Crippen LogP contribution in [0.4, 0.5) is 0 Å². The van der Waals surface area contributed by atoms with Crippen molar-refractivity contribution in [3.05, 3.63) is 0 Å². The van der Waals surface area contributed by atoms with Crippen molar-refractivity contribution in [2.24, 2.45) is 17.6 Å². The monoisotopic (exact) mass is 240 g/mol. The molecular weight excluding hydrogens is 220 g/mol. The number of nitrogens with zero attached hydrogens (tertiary/aromatic N) is 1. The molecule has 1 saturated heterocycles. The van der Waals surface area contributed by atoms with E-state index in [0.717, 1.165) is 19.3 Å². The lowest BCUT2D eigenvalue weighted by atomic mass is 10.00. The zero-order valence-electron chi connectivity index (χ0n) is 10.2. The SMILES string of the molecule is CC(CN)OCCN1C(=O)C2CCCC2C1=O.